The van der Waals surface area contributed by atoms with Gasteiger partial charge in [0.05, 0.1) is 5.41 Å². The molecule has 0 saturated heterocycles. The summed E-state index contributed by atoms with van der Waals surface area (Å²) in [6.45, 7) is 1.90. The lowest BCUT2D eigenvalue weighted by Gasteiger charge is -2.37. The molecule has 0 bridgehead atoms. The summed E-state index contributed by atoms with van der Waals surface area (Å²) >= 11 is 0. The second kappa shape index (κ2) is 7.82. The predicted octanol–water partition coefficient (Wildman–Crippen LogP) is 1.88. The zero-order chi connectivity index (χ0) is 20.3. The van der Waals surface area contributed by atoms with Crippen LogP contribution in [0.1, 0.15) is 35.6 Å². The number of nitrogens with two attached hydrogens (primary N) is 2. The van der Waals surface area contributed by atoms with Crippen molar-refractivity contribution in [2.24, 2.45) is 11.5 Å². The van der Waals surface area contributed by atoms with Crippen LogP contribution in [0.15, 0.2) is 36.4 Å². The lowest BCUT2D eigenvalue weighted by molar-refractivity contribution is -0.106. The molecule has 0 radical (unpaired) electrons. The number of hydrogen-bond acceptors (Lipinski definition) is 4. The first-order chi connectivity index (χ1) is 13.4. The number of carbonyl (C=O) groups is 2. The molecule has 0 fully saturated rings. The van der Waals surface area contributed by atoms with E-state index in [9.17, 15) is 9.59 Å². The van der Waals surface area contributed by atoms with Crippen LogP contribution in [-0.2, 0) is 27.8 Å². The highest BCUT2D eigenvalue weighted by Crippen LogP contribution is 2.44. The number of rotatable bonds is 7. The van der Waals surface area contributed by atoms with Gasteiger partial charge in [-0.3, -0.25) is 15.0 Å². The summed E-state index contributed by atoms with van der Waals surface area (Å²) in [6.07, 6.45) is 3.20. The summed E-state index contributed by atoms with van der Waals surface area (Å²) < 4.78 is 0. The Morgan fingerprint density at radius 2 is 1.54 bits per heavy atom. The molecule has 2 aromatic rings. The number of anilines is 2. The molecular formula is C21H25N5O2. The molecule has 1 atom stereocenters. The van der Waals surface area contributed by atoms with Crippen LogP contribution in [-0.4, -0.2) is 24.7 Å². The molecule has 7 heteroatoms. The Hall–Kier alpha value is -3.19. The van der Waals surface area contributed by atoms with E-state index in [1.54, 1.807) is 0 Å². The quantitative estimate of drug-likeness (QED) is 0.285. The molecule has 0 spiro atoms. The third-order valence-corrected chi connectivity index (χ3v) is 5.33. The number of aryl methyl sites for hydroxylation is 2. The van der Waals surface area contributed by atoms with Crippen molar-refractivity contribution >= 4 is 30.0 Å². The van der Waals surface area contributed by atoms with E-state index in [0.29, 0.717) is 30.6 Å². The summed E-state index contributed by atoms with van der Waals surface area (Å²) in [5.74, 6) is 0.0291. The van der Waals surface area contributed by atoms with Crippen LogP contribution in [0, 0.1) is 5.41 Å². The minimum Gasteiger partial charge on any atom is -0.387 e. The van der Waals surface area contributed by atoms with E-state index in [2.05, 4.69) is 10.6 Å². The van der Waals surface area contributed by atoms with E-state index in [1.165, 1.54) is 0 Å². The van der Waals surface area contributed by atoms with Gasteiger partial charge in [0.1, 0.15) is 5.84 Å². The lowest BCUT2D eigenvalue weighted by atomic mass is 9.68. The summed E-state index contributed by atoms with van der Waals surface area (Å²) in [4.78, 5) is 21.7. The molecule has 1 aliphatic rings. The van der Waals surface area contributed by atoms with Gasteiger partial charge >= 0.3 is 0 Å². The van der Waals surface area contributed by atoms with Crippen molar-refractivity contribution in [3.8, 4) is 0 Å². The molecule has 0 unspecified atom stereocenters. The highest BCUT2D eigenvalue weighted by molar-refractivity contribution is 5.94. The molecule has 7 nitrogen and oxygen atoms in total. The maximum absolute atomic E-state index is 10.9. The number of amidine groups is 1. The number of benzene rings is 2. The van der Waals surface area contributed by atoms with Crippen molar-refractivity contribution in [1.29, 1.82) is 5.41 Å². The molecule has 1 aliphatic carbocycles. The van der Waals surface area contributed by atoms with Crippen LogP contribution < -0.4 is 22.1 Å². The molecule has 7 N–H and O–H groups in total. The van der Waals surface area contributed by atoms with Crippen LogP contribution in [0.25, 0.3) is 0 Å². The first-order valence-corrected chi connectivity index (χ1v) is 9.19. The Bertz CT molecular complexity index is 862. The predicted molar refractivity (Wildman–Crippen MR) is 111 cm³/mol. The summed E-state index contributed by atoms with van der Waals surface area (Å²) in [6, 6.07) is 11.2. The van der Waals surface area contributed by atoms with Crippen molar-refractivity contribution in [2.45, 2.75) is 37.6 Å². The minimum absolute atomic E-state index is 0.0291. The van der Waals surface area contributed by atoms with Crippen LogP contribution in [0.2, 0.25) is 0 Å². The van der Waals surface area contributed by atoms with Crippen molar-refractivity contribution in [1.82, 2.24) is 0 Å². The maximum atomic E-state index is 10.9. The highest BCUT2D eigenvalue weighted by atomic mass is 16.1. The Morgan fingerprint density at radius 1 is 1.07 bits per heavy atom. The van der Waals surface area contributed by atoms with Gasteiger partial charge in [-0.05, 0) is 72.7 Å². The normalized spacial score (nSPS) is 15.4. The number of amides is 2. The van der Waals surface area contributed by atoms with Gasteiger partial charge in [-0.2, -0.15) is 0 Å². The third-order valence-electron chi connectivity index (χ3n) is 5.33. The number of fused-ring (bicyclic) bond motifs is 2. The fraction of sp³-hybridized carbons (Fsp3) is 0.286. The monoisotopic (exact) mass is 379 g/mol. The first kappa shape index (κ1) is 19.6. The van der Waals surface area contributed by atoms with Gasteiger partial charge in [-0.1, -0.05) is 12.1 Å². The zero-order valence-corrected chi connectivity index (χ0v) is 15.8. The SMILES string of the molecule is C[C@H](N)CC1(C(=N)N)c2ccc(NC=O)cc2CCc2cc(NC=O)ccc21. The topological polar surface area (TPSA) is 134 Å². The standard InChI is InChI=1S/C21H25N5O2/c1-13(22)10-21(20(23)24)18-6-4-16(25-11-27)8-14(18)2-3-15-9-17(26-12-28)5-7-19(15)21/h4-9,11-13H,2-3,10,22H2,1H3,(H3,23,24)(H,25,27)(H,26,28)/t13-/m0/s1. The Labute approximate surface area is 164 Å². The Morgan fingerprint density at radius 3 is 1.89 bits per heavy atom. The van der Waals surface area contributed by atoms with Crippen molar-refractivity contribution < 1.29 is 9.59 Å². The molecular weight excluding hydrogens is 354 g/mol. The molecule has 28 heavy (non-hydrogen) atoms. The molecule has 146 valence electrons. The molecule has 0 saturated carbocycles. The summed E-state index contributed by atoms with van der Waals surface area (Å²) in [7, 11) is 0. The van der Waals surface area contributed by atoms with Crippen LogP contribution in [0.5, 0.6) is 0 Å². The van der Waals surface area contributed by atoms with Crippen LogP contribution >= 0.6 is 0 Å². The minimum atomic E-state index is -0.866. The van der Waals surface area contributed by atoms with Gasteiger partial charge in [0.2, 0.25) is 12.8 Å². The average molecular weight is 379 g/mol. The van der Waals surface area contributed by atoms with Crippen LogP contribution in [0.4, 0.5) is 11.4 Å². The van der Waals surface area contributed by atoms with E-state index < -0.39 is 5.41 Å². The highest BCUT2D eigenvalue weighted by Gasteiger charge is 2.43. The van der Waals surface area contributed by atoms with Crippen molar-refractivity contribution in [3.05, 3.63) is 58.7 Å². The summed E-state index contributed by atoms with van der Waals surface area (Å²) in [5.41, 5.74) is 16.9. The number of nitrogens with one attached hydrogen (secondary N) is 3. The van der Waals surface area contributed by atoms with Crippen LogP contribution in [0.3, 0.4) is 0 Å². The molecule has 0 heterocycles. The van der Waals surface area contributed by atoms with E-state index in [4.69, 9.17) is 16.9 Å². The second-order valence-corrected chi connectivity index (χ2v) is 7.27. The number of hydrogen-bond donors (Lipinski definition) is 5. The Kier molecular flexibility index (Phi) is 5.46. The van der Waals surface area contributed by atoms with Gasteiger partial charge in [0.25, 0.3) is 0 Å². The summed E-state index contributed by atoms with van der Waals surface area (Å²) in [5, 5.41) is 13.9. The first-order valence-electron chi connectivity index (χ1n) is 9.19. The van der Waals surface area contributed by atoms with Crippen molar-refractivity contribution in [2.75, 3.05) is 10.6 Å². The lowest BCUT2D eigenvalue weighted by Crippen LogP contribution is -2.46. The molecule has 2 amide bonds. The molecule has 0 aromatic heterocycles. The van der Waals surface area contributed by atoms with Crippen molar-refractivity contribution in [3.63, 3.8) is 0 Å². The fourth-order valence-electron chi connectivity index (χ4n) is 4.27. The smallest absolute Gasteiger partial charge is 0.211 e. The van der Waals surface area contributed by atoms with Gasteiger partial charge < -0.3 is 22.1 Å². The second-order valence-electron chi connectivity index (χ2n) is 7.27. The van der Waals surface area contributed by atoms with E-state index >= 15 is 0 Å². The average Bonchev–Trinajstić information content (AvgIpc) is 2.77. The van der Waals surface area contributed by atoms with Gasteiger partial charge in [-0.15, -0.1) is 0 Å². The van der Waals surface area contributed by atoms with Gasteiger partial charge in [0, 0.05) is 17.4 Å². The number of carbonyl (C=O) groups excluding carboxylic acids is 2. The molecule has 0 aliphatic heterocycles. The Balaban J connectivity index is 2.28. The largest absolute Gasteiger partial charge is 0.387 e. The third kappa shape index (κ3) is 3.36. The molecule has 2 aromatic carbocycles. The van der Waals surface area contributed by atoms with E-state index in [1.807, 2.05) is 43.3 Å². The maximum Gasteiger partial charge on any atom is 0.211 e. The van der Waals surface area contributed by atoms with E-state index in [-0.39, 0.29) is 11.9 Å². The van der Waals surface area contributed by atoms with E-state index in [0.717, 1.165) is 35.1 Å². The fourth-order valence-corrected chi connectivity index (χ4v) is 4.27. The van der Waals surface area contributed by atoms with Gasteiger partial charge in [0.15, 0.2) is 0 Å². The van der Waals surface area contributed by atoms with Gasteiger partial charge in [-0.25, -0.2) is 0 Å². The molecule has 3 rings (SSSR count). The zero-order valence-electron chi connectivity index (χ0n) is 15.8.